The minimum Gasteiger partial charge on any atom is -0.493 e. The zero-order valence-corrected chi connectivity index (χ0v) is 14.9. The highest BCUT2D eigenvalue weighted by molar-refractivity contribution is 6.30. The Morgan fingerprint density at radius 1 is 1.04 bits per heavy atom. The molecule has 26 heavy (non-hydrogen) atoms. The van der Waals surface area contributed by atoms with Crippen LogP contribution in [-0.4, -0.2) is 34.4 Å². The van der Waals surface area contributed by atoms with Gasteiger partial charge in [0.1, 0.15) is 6.04 Å². The number of nitrogens with one attached hydrogen (secondary N) is 1. The van der Waals surface area contributed by atoms with Crippen molar-refractivity contribution in [2.75, 3.05) is 19.5 Å². The van der Waals surface area contributed by atoms with E-state index in [4.69, 9.17) is 21.1 Å². The molecule has 0 fully saturated rings. The first kappa shape index (κ1) is 16.4. The number of hydrogen-bond acceptors (Lipinski definition) is 6. The van der Waals surface area contributed by atoms with Gasteiger partial charge < -0.3 is 14.8 Å². The van der Waals surface area contributed by atoms with E-state index in [-0.39, 0.29) is 6.04 Å². The second-order valence-corrected chi connectivity index (χ2v) is 6.15. The third-order valence-electron chi connectivity index (χ3n) is 4.23. The van der Waals surface area contributed by atoms with E-state index in [0.717, 1.165) is 16.8 Å². The van der Waals surface area contributed by atoms with Gasteiger partial charge >= 0.3 is 0 Å². The first-order chi connectivity index (χ1) is 12.7. The lowest BCUT2D eigenvalue weighted by atomic mass is 10.0. The van der Waals surface area contributed by atoms with Crippen LogP contribution in [0.1, 0.15) is 17.2 Å². The zero-order chi connectivity index (χ0) is 18.1. The smallest absolute Gasteiger partial charge is 0.248 e. The van der Waals surface area contributed by atoms with Gasteiger partial charge in [-0.25, -0.2) is 0 Å². The van der Waals surface area contributed by atoms with Crippen molar-refractivity contribution in [2.24, 2.45) is 0 Å². The van der Waals surface area contributed by atoms with Crippen LogP contribution < -0.4 is 14.8 Å². The molecule has 0 radical (unpaired) electrons. The average Bonchev–Trinajstić information content (AvgIpc) is 3.16. The predicted octanol–water partition coefficient (Wildman–Crippen LogP) is 3.40. The number of rotatable bonds is 4. The molecule has 1 atom stereocenters. The van der Waals surface area contributed by atoms with Crippen LogP contribution in [0.25, 0.3) is 5.70 Å². The number of allylic oxidation sites excluding steroid dienone is 1. The highest BCUT2D eigenvalue weighted by Crippen LogP contribution is 2.35. The summed E-state index contributed by atoms with van der Waals surface area (Å²) in [6.07, 6.45) is 2.06. The Labute approximate surface area is 155 Å². The molecule has 1 N–H and O–H groups in total. The lowest BCUT2D eigenvalue weighted by Crippen LogP contribution is -2.20. The van der Waals surface area contributed by atoms with E-state index >= 15 is 0 Å². The van der Waals surface area contributed by atoms with Crippen LogP contribution in [-0.2, 0) is 0 Å². The van der Waals surface area contributed by atoms with Gasteiger partial charge in [-0.05, 0) is 52.4 Å². The SMILES string of the molecule is COc1ccc(C2=C[C@@H](c3ccc(Cl)cc3)n3nnnc3N2)cc1OC. The van der Waals surface area contributed by atoms with Crippen molar-refractivity contribution in [3.63, 3.8) is 0 Å². The molecule has 0 aliphatic carbocycles. The summed E-state index contributed by atoms with van der Waals surface area (Å²) in [7, 11) is 3.22. The number of methoxy groups -OCH3 is 2. The Hall–Kier alpha value is -3.06. The van der Waals surface area contributed by atoms with Crippen LogP contribution in [0, 0.1) is 0 Å². The summed E-state index contributed by atoms with van der Waals surface area (Å²) in [4.78, 5) is 0. The molecule has 7 nitrogen and oxygen atoms in total. The fourth-order valence-corrected chi connectivity index (χ4v) is 3.05. The van der Waals surface area contributed by atoms with Crippen molar-refractivity contribution in [1.29, 1.82) is 0 Å². The maximum Gasteiger partial charge on any atom is 0.248 e. The molecule has 132 valence electrons. The molecule has 8 heteroatoms. The van der Waals surface area contributed by atoms with Gasteiger partial charge in [-0.1, -0.05) is 28.8 Å². The van der Waals surface area contributed by atoms with Gasteiger partial charge in [0.15, 0.2) is 11.5 Å². The second-order valence-electron chi connectivity index (χ2n) is 5.72. The average molecular weight is 370 g/mol. The van der Waals surface area contributed by atoms with Crippen LogP contribution in [0.5, 0.6) is 11.5 Å². The molecule has 1 aromatic heterocycles. The molecule has 0 saturated heterocycles. The maximum absolute atomic E-state index is 6.02. The largest absolute Gasteiger partial charge is 0.493 e. The van der Waals surface area contributed by atoms with Crippen LogP contribution >= 0.6 is 11.6 Å². The maximum atomic E-state index is 6.02. The van der Waals surface area contributed by atoms with Gasteiger partial charge in [0.25, 0.3) is 0 Å². The van der Waals surface area contributed by atoms with E-state index < -0.39 is 0 Å². The lowest BCUT2D eigenvalue weighted by Gasteiger charge is -2.24. The Morgan fingerprint density at radius 2 is 1.81 bits per heavy atom. The summed E-state index contributed by atoms with van der Waals surface area (Å²) >= 11 is 6.02. The number of aromatic nitrogens is 4. The van der Waals surface area contributed by atoms with E-state index in [0.29, 0.717) is 22.5 Å². The molecule has 3 aromatic rings. The Morgan fingerprint density at radius 3 is 2.54 bits per heavy atom. The minimum atomic E-state index is -0.151. The monoisotopic (exact) mass is 369 g/mol. The summed E-state index contributed by atoms with van der Waals surface area (Å²) in [5.74, 6) is 1.89. The molecule has 0 saturated carbocycles. The first-order valence-corrected chi connectivity index (χ1v) is 8.32. The standard InChI is InChI=1S/C18H16ClN5O2/c1-25-16-8-5-12(9-17(16)26-2)14-10-15(11-3-6-13(19)7-4-11)24-18(20-14)21-22-23-24/h3-10,15H,1-2H3,(H,20,21,23)/t15-/m0/s1. The molecule has 2 aromatic carbocycles. The van der Waals surface area contributed by atoms with Gasteiger partial charge in [0.2, 0.25) is 5.95 Å². The first-order valence-electron chi connectivity index (χ1n) is 7.94. The van der Waals surface area contributed by atoms with E-state index in [9.17, 15) is 0 Å². The highest BCUT2D eigenvalue weighted by Gasteiger charge is 2.24. The Kier molecular flexibility index (Phi) is 4.22. The number of anilines is 1. The van der Waals surface area contributed by atoms with Crippen molar-refractivity contribution < 1.29 is 9.47 Å². The van der Waals surface area contributed by atoms with E-state index in [1.807, 2.05) is 42.5 Å². The van der Waals surface area contributed by atoms with E-state index in [1.54, 1.807) is 18.9 Å². The molecule has 0 bridgehead atoms. The quantitative estimate of drug-likeness (QED) is 0.759. The number of hydrogen-bond donors (Lipinski definition) is 1. The van der Waals surface area contributed by atoms with Gasteiger partial charge in [-0.15, -0.1) is 0 Å². The van der Waals surface area contributed by atoms with Gasteiger partial charge in [-0.2, -0.15) is 4.68 Å². The molecule has 0 spiro atoms. The van der Waals surface area contributed by atoms with Crippen LogP contribution in [0.2, 0.25) is 5.02 Å². The van der Waals surface area contributed by atoms with Crippen molar-refractivity contribution in [3.8, 4) is 11.5 Å². The summed E-state index contributed by atoms with van der Waals surface area (Å²) in [5, 5.41) is 15.9. The zero-order valence-electron chi connectivity index (χ0n) is 14.2. The molecule has 1 aliphatic rings. The number of tetrazole rings is 1. The van der Waals surface area contributed by atoms with Crippen LogP contribution in [0.15, 0.2) is 48.5 Å². The molecule has 2 heterocycles. The molecular weight excluding hydrogens is 354 g/mol. The summed E-state index contributed by atoms with van der Waals surface area (Å²) in [6, 6.07) is 13.2. The number of ether oxygens (including phenoxy) is 2. The van der Waals surface area contributed by atoms with Gasteiger partial charge in [0.05, 0.1) is 14.2 Å². The molecule has 4 rings (SSSR count). The van der Waals surface area contributed by atoms with Gasteiger partial charge in [-0.3, -0.25) is 0 Å². The molecule has 0 unspecified atom stereocenters. The van der Waals surface area contributed by atoms with E-state index in [2.05, 4.69) is 26.9 Å². The Bertz CT molecular complexity index is 968. The summed E-state index contributed by atoms with van der Waals surface area (Å²) in [5.41, 5.74) is 2.85. The third-order valence-corrected chi connectivity index (χ3v) is 4.49. The van der Waals surface area contributed by atoms with Crippen molar-refractivity contribution >= 4 is 23.2 Å². The van der Waals surface area contributed by atoms with Gasteiger partial charge in [0, 0.05) is 16.3 Å². The van der Waals surface area contributed by atoms with Crippen molar-refractivity contribution in [1.82, 2.24) is 20.2 Å². The molecule has 1 aliphatic heterocycles. The lowest BCUT2D eigenvalue weighted by molar-refractivity contribution is 0.355. The van der Waals surface area contributed by atoms with Crippen LogP contribution in [0.3, 0.4) is 0 Å². The molecular formula is C18H16ClN5O2. The van der Waals surface area contributed by atoms with E-state index in [1.165, 1.54) is 0 Å². The number of benzene rings is 2. The van der Waals surface area contributed by atoms with Crippen LogP contribution in [0.4, 0.5) is 5.95 Å². The molecule has 0 amide bonds. The highest BCUT2D eigenvalue weighted by atomic mass is 35.5. The second kappa shape index (κ2) is 6.68. The fourth-order valence-electron chi connectivity index (χ4n) is 2.92. The predicted molar refractivity (Wildman–Crippen MR) is 98.6 cm³/mol. The Balaban J connectivity index is 1.78. The third kappa shape index (κ3) is 2.86. The summed E-state index contributed by atoms with van der Waals surface area (Å²) in [6.45, 7) is 0. The fraction of sp³-hybridized carbons (Fsp3) is 0.167. The normalized spacial score (nSPS) is 15.7. The van der Waals surface area contributed by atoms with Crippen molar-refractivity contribution in [3.05, 3.63) is 64.7 Å². The number of halogens is 1. The van der Waals surface area contributed by atoms with Crippen molar-refractivity contribution in [2.45, 2.75) is 6.04 Å². The number of fused-ring (bicyclic) bond motifs is 1. The summed E-state index contributed by atoms with van der Waals surface area (Å²) < 4.78 is 12.4. The number of nitrogens with zero attached hydrogens (tertiary/aromatic N) is 4. The minimum absolute atomic E-state index is 0.151. The topological polar surface area (TPSA) is 74.1 Å².